The summed E-state index contributed by atoms with van der Waals surface area (Å²) in [4.78, 5) is 0. The number of hydrogen-bond donors (Lipinski definition) is 2. The van der Waals surface area contributed by atoms with Gasteiger partial charge in [0.2, 0.25) is 0 Å². The van der Waals surface area contributed by atoms with Gasteiger partial charge in [0.25, 0.3) is 0 Å². The second-order valence-corrected chi connectivity index (χ2v) is 4.22. The van der Waals surface area contributed by atoms with Crippen molar-refractivity contribution in [3.63, 3.8) is 0 Å². The average Bonchev–Trinajstić information content (AvgIpc) is 2.78. The lowest BCUT2D eigenvalue weighted by molar-refractivity contribution is 0.534. The SMILES string of the molecule is c1ccc(C2CC3(CC3)NN2)cc1. The third-order valence-corrected chi connectivity index (χ3v) is 3.16. The largest absolute Gasteiger partial charge is 0.251 e. The smallest absolute Gasteiger partial charge is 0.0480 e. The zero-order valence-corrected chi connectivity index (χ0v) is 7.59. The van der Waals surface area contributed by atoms with Gasteiger partial charge in [-0.05, 0) is 24.8 Å². The van der Waals surface area contributed by atoms with Gasteiger partial charge >= 0.3 is 0 Å². The lowest BCUT2D eigenvalue weighted by atomic mass is 10.0. The minimum Gasteiger partial charge on any atom is -0.251 e. The van der Waals surface area contributed by atoms with Crippen LogP contribution >= 0.6 is 0 Å². The van der Waals surface area contributed by atoms with Crippen LogP contribution in [0.1, 0.15) is 30.9 Å². The summed E-state index contributed by atoms with van der Waals surface area (Å²) >= 11 is 0. The molecule has 1 heterocycles. The first kappa shape index (κ1) is 7.54. The molecule has 1 aliphatic heterocycles. The quantitative estimate of drug-likeness (QED) is 0.678. The standard InChI is InChI=1S/C11H14N2/c1-2-4-9(5-3-1)10-8-11(6-7-11)13-12-10/h1-5,10,12-13H,6-8H2. The fourth-order valence-electron chi connectivity index (χ4n) is 2.10. The lowest BCUT2D eigenvalue weighted by Gasteiger charge is -2.08. The topological polar surface area (TPSA) is 24.1 Å². The molecule has 2 nitrogen and oxygen atoms in total. The van der Waals surface area contributed by atoms with Crippen molar-refractivity contribution in [3.05, 3.63) is 35.9 Å². The van der Waals surface area contributed by atoms with Crippen molar-refractivity contribution in [1.82, 2.24) is 10.9 Å². The van der Waals surface area contributed by atoms with Gasteiger partial charge in [-0.25, -0.2) is 5.43 Å². The predicted molar refractivity (Wildman–Crippen MR) is 52.0 cm³/mol. The van der Waals surface area contributed by atoms with Gasteiger partial charge in [0.1, 0.15) is 0 Å². The highest BCUT2D eigenvalue weighted by molar-refractivity contribution is 5.22. The Kier molecular flexibility index (Phi) is 1.49. The molecule has 0 amide bonds. The van der Waals surface area contributed by atoms with Crippen LogP contribution in [-0.2, 0) is 0 Å². The zero-order valence-electron chi connectivity index (χ0n) is 7.59. The molecule has 3 rings (SSSR count). The fourth-order valence-corrected chi connectivity index (χ4v) is 2.10. The molecule has 1 aromatic rings. The van der Waals surface area contributed by atoms with E-state index in [1.54, 1.807) is 0 Å². The van der Waals surface area contributed by atoms with Crippen molar-refractivity contribution in [1.29, 1.82) is 0 Å². The van der Waals surface area contributed by atoms with Crippen molar-refractivity contribution in [3.8, 4) is 0 Å². The maximum Gasteiger partial charge on any atom is 0.0480 e. The van der Waals surface area contributed by atoms with E-state index in [1.165, 1.54) is 24.8 Å². The summed E-state index contributed by atoms with van der Waals surface area (Å²) in [6.07, 6.45) is 3.92. The molecule has 1 atom stereocenters. The Morgan fingerprint density at radius 2 is 1.92 bits per heavy atom. The summed E-state index contributed by atoms with van der Waals surface area (Å²) in [5.74, 6) is 0. The van der Waals surface area contributed by atoms with E-state index in [2.05, 4.69) is 41.2 Å². The number of rotatable bonds is 1. The Labute approximate surface area is 78.3 Å². The van der Waals surface area contributed by atoms with E-state index in [9.17, 15) is 0 Å². The molecule has 1 saturated heterocycles. The normalized spacial score (nSPS) is 29.4. The second kappa shape index (κ2) is 2.56. The third kappa shape index (κ3) is 1.26. The van der Waals surface area contributed by atoms with Crippen LogP contribution in [0, 0.1) is 0 Å². The Bertz CT molecular complexity index is 303. The molecule has 1 unspecified atom stereocenters. The highest BCUT2D eigenvalue weighted by Gasteiger charge is 2.48. The maximum absolute atomic E-state index is 3.41. The van der Waals surface area contributed by atoms with Gasteiger partial charge in [-0.3, -0.25) is 5.43 Å². The maximum atomic E-state index is 3.41. The first-order chi connectivity index (χ1) is 6.38. The van der Waals surface area contributed by atoms with Crippen molar-refractivity contribution < 1.29 is 0 Å². The van der Waals surface area contributed by atoms with Crippen molar-refractivity contribution >= 4 is 0 Å². The molecular formula is C11H14N2. The summed E-state index contributed by atoms with van der Waals surface area (Å²) in [5.41, 5.74) is 8.64. The van der Waals surface area contributed by atoms with Gasteiger partial charge in [0.15, 0.2) is 0 Å². The zero-order chi connectivity index (χ0) is 8.73. The summed E-state index contributed by atoms with van der Waals surface area (Å²) in [5, 5.41) is 0. The van der Waals surface area contributed by atoms with E-state index in [0.29, 0.717) is 11.6 Å². The molecule has 2 heteroatoms. The van der Waals surface area contributed by atoms with Crippen molar-refractivity contribution in [2.75, 3.05) is 0 Å². The molecule has 2 N–H and O–H groups in total. The highest BCUT2D eigenvalue weighted by atomic mass is 15.5. The van der Waals surface area contributed by atoms with Crippen LogP contribution in [0.4, 0.5) is 0 Å². The molecule has 1 saturated carbocycles. The third-order valence-electron chi connectivity index (χ3n) is 3.16. The summed E-state index contributed by atoms with van der Waals surface area (Å²) in [7, 11) is 0. The van der Waals surface area contributed by atoms with Gasteiger partial charge in [-0.15, -0.1) is 0 Å². The van der Waals surface area contributed by atoms with E-state index in [4.69, 9.17) is 0 Å². The van der Waals surface area contributed by atoms with E-state index in [-0.39, 0.29) is 0 Å². The second-order valence-electron chi connectivity index (χ2n) is 4.22. The number of nitrogens with one attached hydrogen (secondary N) is 2. The van der Waals surface area contributed by atoms with E-state index in [0.717, 1.165) is 0 Å². The van der Waals surface area contributed by atoms with Crippen LogP contribution in [0.25, 0.3) is 0 Å². The minimum absolute atomic E-state index is 0.459. The highest BCUT2D eigenvalue weighted by Crippen LogP contribution is 2.45. The van der Waals surface area contributed by atoms with Crippen molar-refractivity contribution in [2.45, 2.75) is 30.8 Å². The van der Waals surface area contributed by atoms with Crippen LogP contribution in [0.15, 0.2) is 30.3 Å². The van der Waals surface area contributed by atoms with Crippen LogP contribution in [0.5, 0.6) is 0 Å². The summed E-state index contributed by atoms with van der Waals surface area (Å²) in [6.45, 7) is 0. The van der Waals surface area contributed by atoms with Gasteiger partial charge in [0, 0.05) is 11.6 Å². The van der Waals surface area contributed by atoms with Crippen LogP contribution in [-0.4, -0.2) is 5.54 Å². The van der Waals surface area contributed by atoms with Gasteiger partial charge in [-0.2, -0.15) is 0 Å². The molecule has 0 bridgehead atoms. The van der Waals surface area contributed by atoms with Gasteiger partial charge in [0.05, 0.1) is 0 Å². The van der Waals surface area contributed by atoms with E-state index in [1.807, 2.05) is 0 Å². The lowest BCUT2D eigenvalue weighted by Crippen LogP contribution is -2.32. The Hall–Kier alpha value is -0.860. The monoisotopic (exact) mass is 174 g/mol. The molecular weight excluding hydrogens is 160 g/mol. The molecule has 13 heavy (non-hydrogen) atoms. The first-order valence-corrected chi connectivity index (χ1v) is 4.96. The first-order valence-electron chi connectivity index (χ1n) is 4.96. The van der Waals surface area contributed by atoms with Gasteiger partial charge in [-0.1, -0.05) is 30.3 Å². The number of benzene rings is 1. The van der Waals surface area contributed by atoms with Crippen LogP contribution < -0.4 is 10.9 Å². The Balaban J connectivity index is 1.80. The molecule has 1 aromatic carbocycles. The molecule has 1 spiro atoms. The minimum atomic E-state index is 0.459. The van der Waals surface area contributed by atoms with Crippen LogP contribution in [0.3, 0.4) is 0 Å². The van der Waals surface area contributed by atoms with Crippen LogP contribution in [0.2, 0.25) is 0 Å². The van der Waals surface area contributed by atoms with E-state index >= 15 is 0 Å². The molecule has 2 aliphatic rings. The number of hydrazine groups is 1. The molecule has 0 aromatic heterocycles. The predicted octanol–water partition coefficient (Wildman–Crippen LogP) is 1.76. The molecule has 0 radical (unpaired) electrons. The fraction of sp³-hybridized carbons (Fsp3) is 0.455. The molecule has 68 valence electrons. The summed E-state index contributed by atoms with van der Waals surface area (Å²) < 4.78 is 0. The number of hydrogen-bond acceptors (Lipinski definition) is 2. The average molecular weight is 174 g/mol. The molecule has 1 aliphatic carbocycles. The molecule has 2 fully saturated rings. The van der Waals surface area contributed by atoms with Gasteiger partial charge < -0.3 is 0 Å². The Morgan fingerprint density at radius 3 is 2.54 bits per heavy atom. The summed E-state index contributed by atoms with van der Waals surface area (Å²) in [6, 6.07) is 11.2. The van der Waals surface area contributed by atoms with E-state index < -0.39 is 0 Å². The van der Waals surface area contributed by atoms with Crippen molar-refractivity contribution in [2.24, 2.45) is 0 Å². The Morgan fingerprint density at radius 1 is 1.15 bits per heavy atom.